The summed E-state index contributed by atoms with van der Waals surface area (Å²) in [5.74, 6) is 0.635. The summed E-state index contributed by atoms with van der Waals surface area (Å²) in [6, 6.07) is 5.17. The molecule has 4 rings (SSSR count). The highest BCUT2D eigenvalue weighted by Gasteiger charge is 2.47. The molecule has 0 aromatic heterocycles. The van der Waals surface area contributed by atoms with Gasteiger partial charge in [-0.2, -0.15) is 0 Å². The molecule has 142 valence electrons. The molecule has 2 unspecified atom stereocenters. The van der Waals surface area contributed by atoms with Gasteiger partial charge in [0.15, 0.2) is 5.78 Å². The summed E-state index contributed by atoms with van der Waals surface area (Å²) < 4.78 is 5.56. The van der Waals surface area contributed by atoms with E-state index < -0.39 is 11.5 Å². The molecule has 27 heavy (non-hydrogen) atoms. The standard InChI is InChI=1S/C21H23NO5/c1-21(2)16-8-13(27-10-12(25)9-23)4-6-14(16)19(26)18-15-5-3-11(24)7-17(15)22-20(18)21/h3-8,12,15,17,22-25H,9-10H2,1-2H3/t12-,15?,17?/m1/s1. The van der Waals surface area contributed by atoms with Crippen molar-refractivity contribution in [1.82, 2.24) is 5.32 Å². The molecular formula is C21H23NO5. The van der Waals surface area contributed by atoms with Gasteiger partial charge in [0, 0.05) is 28.2 Å². The predicted molar refractivity (Wildman–Crippen MR) is 99.7 cm³/mol. The van der Waals surface area contributed by atoms with Crippen molar-refractivity contribution in [3.63, 3.8) is 0 Å². The van der Waals surface area contributed by atoms with Crippen molar-refractivity contribution in [2.45, 2.75) is 31.4 Å². The number of hydrogen-bond donors (Lipinski definition) is 4. The second-order valence-electron chi connectivity index (χ2n) is 7.74. The molecule has 1 aromatic rings. The van der Waals surface area contributed by atoms with Gasteiger partial charge in [0.2, 0.25) is 0 Å². The molecule has 0 amide bonds. The van der Waals surface area contributed by atoms with Crippen LogP contribution in [0.2, 0.25) is 0 Å². The normalized spacial score (nSPS) is 25.9. The van der Waals surface area contributed by atoms with E-state index >= 15 is 0 Å². The topological polar surface area (TPSA) is 99.0 Å². The monoisotopic (exact) mass is 369 g/mol. The third-order valence-electron chi connectivity index (χ3n) is 5.56. The Balaban J connectivity index is 1.71. The zero-order valence-corrected chi connectivity index (χ0v) is 15.3. The van der Waals surface area contributed by atoms with Gasteiger partial charge < -0.3 is 25.4 Å². The smallest absolute Gasteiger partial charge is 0.191 e. The molecule has 0 bridgehead atoms. The minimum atomic E-state index is -0.948. The molecule has 2 aliphatic carbocycles. The zero-order valence-electron chi connectivity index (χ0n) is 15.3. The van der Waals surface area contributed by atoms with E-state index in [-0.39, 0.29) is 36.7 Å². The van der Waals surface area contributed by atoms with Crippen LogP contribution < -0.4 is 10.1 Å². The van der Waals surface area contributed by atoms with Crippen LogP contribution in [0.3, 0.4) is 0 Å². The van der Waals surface area contributed by atoms with Gasteiger partial charge in [-0.15, -0.1) is 0 Å². The van der Waals surface area contributed by atoms with Crippen molar-refractivity contribution in [2.24, 2.45) is 5.92 Å². The molecule has 0 fully saturated rings. The molecule has 6 heteroatoms. The average molecular weight is 369 g/mol. The predicted octanol–water partition coefficient (Wildman–Crippen LogP) is 1.75. The number of nitrogens with one attached hydrogen (secondary N) is 1. The minimum absolute atomic E-state index is 0.0132. The maximum atomic E-state index is 13.2. The molecule has 0 saturated carbocycles. The number of carbonyl (C=O) groups excluding carboxylic acids is 1. The first-order valence-corrected chi connectivity index (χ1v) is 9.04. The SMILES string of the molecule is CC1(C)C2=C(C(=O)c3ccc(OC[C@H](O)CO)cc31)C1C=CC(O)=CC1N2. The van der Waals surface area contributed by atoms with Crippen LogP contribution in [-0.2, 0) is 5.41 Å². The fraction of sp³-hybridized carbons (Fsp3) is 0.381. The van der Waals surface area contributed by atoms with E-state index in [4.69, 9.17) is 9.84 Å². The summed E-state index contributed by atoms with van der Waals surface area (Å²) in [5.41, 5.74) is 2.68. The van der Waals surface area contributed by atoms with Crippen LogP contribution >= 0.6 is 0 Å². The summed E-state index contributed by atoms with van der Waals surface area (Å²) in [6.45, 7) is 3.72. The van der Waals surface area contributed by atoms with Gasteiger partial charge in [-0.3, -0.25) is 4.79 Å². The Morgan fingerprint density at radius 3 is 2.85 bits per heavy atom. The summed E-state index contributed by atoms with van der Waals surface area (Å²) in [4.78, 5) is 13.2. The molecule has 1 aliphatic heterocycles. The molecule has 1 heterocycles. The van der Waals surface area contributed by atoms with E-state index in [2.05, 4.69) is 19.2 Å². The number of aliphatic hydroxyl groups excluding tert-OH is 3. The maximum absolute atomic E-state index is 13.2. The first kappa shape index (κ1) is 17.8. The number of Topliss-reactive ketones (excluding diaryl/α,β-unsaturated/α-hetero) is 1. The van der Waals surface area contributed by atoms with Crippen LogP contribution in [0.25, 0.3) is 0 Å². The zero-order chi connectivity index (χ0) is 19.3. The fourth-order valence-corrected chi connectivity index (χ4v) is 4.12. The molecule has 0 radical (unpaired) electrons. The lowest BCUT2D eigenvalue weighted by atomic mass is 9.70. The highest BCUT2D eigenvalue weighted by molar-refractivity contribution is 6.13. The molecule has 6 nitrogen and oxygen atoms in total. The highest BCUT2D eigenvalue weighted by atomic mass is 16.5. The average Bonchev–Trinajstić information content (AvgIpc) is 3.04. The van der Waals surface area contributed by atoms with Crippen LogP contribution in [0.15, 0.2) is 53.5 Å². The lowest BCUT2D eigenvalue weighted by Crippen LogP contribution is -2.36. The number of allylic oxidation sites excluding steroid dienone is 2. The lowest BCUT2D eigenvalue weighted by Gasteiger charge is -2.34. The van der Waals surface area contributed by atoms with Crippen molar-refractivity contribution >= 4 is 5.78 Å². The Kier molecular flexibility index (Phi) is 4.13. The lowest BCUT2D eigenvalue weighted by molar-refractivity contribution is 0.0535. The third-order valence-corrected chi connectivity index (χ3v) is 5.56. The number of rotatable bonds is 4. The fourth-order valence-electron chi connectivity index (χ4n) is 4.12. The Morgan fingerprint density at radius 2 is 2.11 bits per heavy atom. The largest absolute Gasteiger partial charge is 0.508 e. The molecule has 4 N–H and O–H groups in total. The van der Waals surface area contributed by atoms with Gasteiger partial charge in [0.25, 0.3) is 0 Å². The number of hydrogen-bond acceptors (Lipinski definition) is 6. The molecule has 1 aromatic carbocycles. The number of ketones is 1. The van der Waals surface area contributed by atoms with Crippen LogP contribution in [0.5, 0.6) is 5.75 Å². The summed E-state index contributed by atoms with van der Waals surface area (Å²) in [6.07, 6.45) is 4.30. The molecular weight excluding hydrogens is 346 g/mol. The van der Waals surface area contributed by atoms with E-state index in [0.717, 1.165) is 16.8 Å². The number of aliphatic hydroxyl groups is 3. The van der Waals surface area contributed by atoms with E-state index in [9.17, 15) is 15.0 Å². The Labute approximate surface area is 157 Å². The van der Waals surface area contributed by atoms with Crippen LogP contribution in [0.1, 0.15) is 29.8 Å². The van der Waals surface area contributed by atoms with E-state index in [0.29, 0.717) is 11.3 Å². The number of fused-ring (bicyclic) bond motifs is 3. The minimum Gasteiger partial charge on any atom is -0.508 e. The van der Waals surface area contributed by atoms with Crippen molar-refractivity contribution in [1.29, 1.82) is 0 Å². The van der Waals surface area contributed by atoms with E-state index in [1.807, 2.05) is 12.1 Å². The second kappa shape index (κ2) is 6.25. The van der Waals surface area contributed by atoms with Crippen molar-refractivity contribution in [3.8, 4) is 5.75 Å². The quantitative estimate of drug-likeness (QED) is 0.645. The molecule has 3 atom stereocenters. The molecule has 0 saturated heterocycles. The van der Waals surface area contributed by atoms with Crippen molar-refractivity contribution in [2.75, 3.05) is 13.2 Å². The van der Waals surface area contributed by atoms with Gasteiger partial charge in [0.05, 0.1) is 12.6 Å². The van der Waals surface area contributed by atoms with Crippen molar-refractivity contribution in [3.05, 3.63) is 64.6 Å². The second-order valence-corrected chi connectivity index (χ2v) is 7.74. The van der Waals surface area contributed by atoms with Crippen LogP contribution in [0.4, 0.5) is 0 Å². The van der Waals surface area contributed by atoms with Crippen LogP contribution in [-0.4, -0.2) is 46.5 Å². The first-order chi connectivity index (χ1) is 12.8. The van der Waals surface area contributed by atoms with Crippen LogP contribution in [0, 0.1) is 5.92 Å². The Morgan fingerprint density at radius 1 is 1.33 bits per heavy atom. The van der Waals surface area contributed by atoms with Gasteiger partial charge >= 0.3 is 0 Å². The van der Waals surface area contributed by atoms with Gasteiger partial charge in [-0.1, -0.05) is 19.9 Å². The van der Waals surface area contributed by atoms with E-state index in [1.54, 1.807) is 24.3 Å². The molecule has 3 aliphatic rings. The van der Waals surface area contributed by atoms with E-state index in [1.165, 1.54) is 0 Å². The summed E-state index contributed by atoms with van der Waals surface area (Å²) in [5, 5.41) is 31.6. The third kappa shape index (κ3) is 2.76. The van der Waals surface area contributed by atoms with Gasteiger partial charge in [0.1, 0.15) is 24.2 Å². The maximum Gasteiger partial charge on any atom is 0.191 e. The molecule has 0 spiro atoms. The first-order valence-electron chi connectivity index (χ1n) is 9.04. The highest BCUT2D eigenvalue weighted by Crippen LogP contribution is 2.47. The summed E-state index contributed by atoms with van der Waals surface area (Å²) in [7, 11) is 0. The number of carbonyl (C=O) groups is 1. The number of benzene rings is 1. The van der Waals surface area contributed by atoms with Gasteiger partial charge in [-0.25, -0.2) is 0 Å². The Bertz CT molecular complexity index is 896. The Hall–Kier alpha value is -2.57. The van der Waals surface area contributed by atoms with Crippen molar-refractivity contribution < 1.29 is 24.9 Å². The number of ether oxygens (including phenoxy) is 1. The van der Waals surface area contributed by atoms with Gasteiger partial charge in [-0.05, 0) is 35.9 Å². The summed E-state index contributed by atoms with van der Waals surface area (Å²) >= 11 is 0.